The van der Waals surface area contributed by atoms with Crippen LogP contribution in [0.3, 0.4) is 0 Å². The fourth-order valence-corrected chi connectivity index (χ4v) is 1.34. The molecule has 0 unspecified atom stereocenters. The van der Waals surface area contributed by atoms with Crippen LogP contribution < -0.4 is 9.67 Å². The Balaban J connectivity index is 0.000000697. The molecular formula is C12H13F9N2O2. The summed E-state index contributed by atoms with van der Waals surface area (Å²) in [4.78, 5) is 8.78. The van der Waals surface area contributed by atoms with Gasteiger partial charge in [-0.3, -0.25) is 0 Å². The maximum atomic E-state index is 13.2. The first-order valence-corrected chi connectivity index (χ1v) is 6.57. The van der Waals surface area contributed by atoms with Crippen molar-refractivity contribution in [2.45, 2.75) is 50.9 Å². The van der Waals surface area contributed by atoms with Crippen LogP contribution in [0.5, 0.6) is 0 Å². The van der Waals surface area contributed by atoms with Crippen LogP contribution in [0, 0.1) is 0 Å². The van der Waals surface area contributed by atoms with Crippen molar-refractivity contribution < 1.29 is 54.0 Å². The third kappa shape index (κ3) is 6.12. The van der Waals surface area contributed by atoms with Crippen molar-refractivity contribution in [2.24, 2.45) is 0 Å². The first-order chi connectivity index (χ1) is 11.2. The van der Waals surface area contributed by atoms with E-state index in [1.165, 1.54) is 4.57 Å². The van der Waals surface area contributed by atoms with E-state index in [0.717, 1.165) is 12.6 Å². The van der Waals surface area contributed by atoms with Crippen LogP contribution >= 0.6 is 0 Å². The molecule has 0 aliphatic carbocycles. The second-order valence-electron chi connectivity index (χ2n) is 4.66. The molecule has 1 aromatic rings. The highest BCUT2D eigenvalue weighted by Crippen LogP contribution is 2.42. The van der Waals surface area contributed by atoms with Gasteiger partial charge in [-0.05, 0) is 6.42 Å². The number of carbonyl (C=O) groups is 1. The Hall–Kier alpha value is -1.95. The molecule has 1 heterocycles. The number of alkyl halides is 9. The minimum atomic E-state index is -5.41. The number of aryl methyl sites for hydroxylation is 1. The predicted molar refractivity (Wildman–Crippen MR) is 61.7 cm³/mol. The lowest BCUT2D eigenvalue weighted by Gasteiger charge is -2.21. The summed E-state index contributed by atoms with van der Waals surface area (Å²) in [6.07, 6.45) is -5.66. The fraction of sp³-hybridized carbons (Fsp3) is 0.667. The first-order valence-electron chi connectivity index (χ1n) is 6.57. The normalized spacial score (nSPS) is 12.8. The van der Waals surface area contributed by atoms with E-state index in [0.29, 0.717) is 25.5 Å². The summed E-state index contributed by atoms with van der Waals surface area (Å²) in [7, 11) is 0. The molecule has 0 amide bonds. The van der Waals surface area contributed by atoms with Gasteiger partial charge in [-0.25, -0.2) is 13.3 Å². The molecule has 1 rings (SSSR count). The first kappa shape index (κ1) is 23.1. The number of carboxylic acid groups (broad SMARTS) is 1. The van der Waals surface area contributed by atoms with Gasteiger partial charge in [-0.15, -0.1) is 0 Å². The lowest BCUT2D eigenvalue weighted by atomic mass is 10.3. The number of aromatic nitrogens is 2. The third-order valence-electron chi connectivity index (χ3n) is 2.69. The Kier molecular flexibility index (Phi) is 7.77. The van der Waals surface area contributed by atoms with Crippen molar-refractivity contribution in [1.29, 1.82) is 0 Å². The van der Waals surface area contributed by atoms with Gasteiger partial charge < -0.3 is 9.90 Å². The van der Waals surface area contributed by atoms with Crippen LogP contribution in [0.4, 0.5) is 39.5 Å². The Morgan fingerprint density at radius 1 is 1.16 bits per heavy atom. The van der Waals surface area contributed by atoms with Crippen molar-refractivity contribution in [3.8, 4) is 0 Å². The molecule has 1 aromatic heterocycles. The maximum Gasteiger partial charge on any atom is 0.468 e. The predicted octanol–water partition coefficient (Wildman–Crippen LogP) is 2.32. The van der Waals surface area contributed by atoms with Gasteiger partial charge in [0.15, 0.2) is 0 Å². The molecule has 146 valence electrons. The van der Waals surface area contributed by atoms with Crippen molar-refractivity contribution in [2.75, 3.05) is 0 Å². The number of unbranched alkanes of at least 4 members (excludes halogenated alkanes) is 1. The second-order valence-corrected chi connectivity index (χ2v) is 4.66. The van der Waals surface area contributed by atoms with E-state index in [-0.39, 0.29) is 4.57 Å². The molecule has 0 atom stereocenters. The topological polar surface area (TPSA) is 48.9 Å². The number of hydrogen-bond donors (Lipinski definition) is 0. The van der Waals surface area contributed by atoms with E-state index in [1.807, 2.05) is 6.92 Å². The Labute approximate surface area is 135 Å². The molecule has 0 fully saturated rings. The zero-order valence-electron chi connectivity index (χ0n) is 12.5. The summed E-state index contributed by atoms with van der Waals surface area (Å²) in [5.41, 5.74) is 0. The lowest BCUT2D eigenvalue weighted by molar-refractivity contribution is -0.697. The molecule has 13 heteroatoms. The summed E-state index contributed by atoms with van der Waals surface area (Å²) in [6.45, 7) is 2.23. The summed E-state index contributed by atoms with van der Waals surface area (Å²) in [6, 6.07) is -4.96. The number of aliphatic carboxylic acids is 1. The molecular weight excluding hydrogens is 375 g/mol. The van der Waals surface area contributed by atoms with E-state index < -0.39 is 30.5 Å². The number of hydrogen-bond acceptors (Lipinski definition) is 2. The SMILES string of the molecule is CCCC[n+]1ccn(C(F)(F)C(F)(F)C(F)F)c1.O=C([O-])C(F)(F)F. The summed E-state index contributed by atoms with van der Waals surface area (Å²) in [5.74, 6) is -8.42. The highest BCUT2D eigenvalue weighted by Gasteiger charge is 2.68. The number of carbonyl (C=O) groups excluding carboxylic acids is 1. The van der Waals surface area contributed by atoms with Gasteiger partial charge >= 0.3 is 24.6 Å². The number of imidazole rings is 1. The maximum absolute atomic E-state index is 13.2. The summed E-state index contributed by atoms with van der Waals surface area (Å²) < 4.78 is 108. The number of carboxylic acids is 1. The highest BCUT2D eigenvalue weighted by molar-refractivity contribution is 5.70. The molecule has 0 spiro atoms. The van der Waals surface area contributed by atoms with Gasteiger partial charge in [0.2, 0.25) is 6.33 Å². The van der Waals surface area contributed by atoms with E-state index >= 15 is 0 Å². The van der Waals surface area contributed by atoms with E-state index in [2.05, 4.69) is 0 Å². The van der Waals surface area contributed by atoms with Gasteiger partial charge in [0.05, 0.1) is 6.54 Å². The molecule has 0 aliphatic heterocycles. The average Bonchev–Trinajstić information content (AvgIpc) is 2.93. The lowest BCUT2D eigenvalue weighted by Crippen LogP contribution is -2.48. The highest BCUT2D eigenvalue weighted by atomic mass is 19.4. The molecule has 0 saturated heterocycles. The van der Waals surface area contributed by atoms with Crippen molar-refractivity contribution in [1.82, 2.24) is 4.57 Å². The Bertz CT molecular complexity index is 555. The van der Waals surface area contributed by atoms with Crippen LogP contribution in [-0.2, 0) is 17.4 Å². The summed E-state index contributed by atoms with van der Waals surface area (Å²) in [5, 5.41) is 8.78. The van der Waals surface area contributed by atoms with Crippen molar-refractivity contribution >= 4 is 5.97 Å². The fourth-order valence-electron chi connectivity index (χ4n) is 1.34. The van der Waals surface area contributed by atoms with Crippen LogP contribution in [0.15, 0.2) is 18.7 Å². The zero-order valence-corrected chi connectivity index (χ0v) is 12.5. The molecule has 0 aromatic carbocycles. The minimum Gasteiger partial charge on any atom is -0.542 e. The number of rotatable bonds is 6. The third-order valence-corrected chi connectivity index (χ3v) is 2.69. The molecule has 0 aliphatic rings. The van der Waals surface area contributed by atoms with E-state index in [4.69, 9.17) is 9.90 Å². The smallest absolute Gasteiger partial charge is 0.468 e. The molecule has 0 N–H and O–H groups in total. The molecule has 4 nitrogen and oxygen atoms in total. The van der Waals surface area contributed by atoms with Crippen LogP contribution in [0.2, 0.25) is 0 Å². The quantitative estimate of drug-likeness (QED) is 0.555. The van der Waals surface area contributed by atoms with Crippen LogP contribution in [0.25, 0.3) is 0 Å². The molecule has 0 radical (unpaired) electrons. The molecule has 0 saturated carbocycles. The van der Waals surface area contributed by atoms with Crippen molar-refractivity contribution in [3.63, 3.8) is 0 Å². The van der Waals surface area contributed by atoms with Gasteiger partial charge in [0.25, 0.3) is 0 Å². The van der Waals surface area contributed by atoms with Gasteiger partial charge in [-0.1, -0.05) is 13.3 Å². The second kappa shape index (κ2) is 8.43. The molecule has 25 heavy (non-hydrogen) atoms. The van der Waals surface area contributed by atoms with Gasteiger partial charge in [0, 0.05) is 0 Å². The summed E-state index contributed by atoms with van der Waals surface area (Å²) >= 11 is 0. The van der Waals surface area contributed by atoms with Gasteiger partial charge in [-0.2, -0.15) is 35.3 Å². The van der Waals surface area contributed by atoms with Crippen LogP contribution in [-0.4, -0.2) is 29.1 Å². The number of nitrogens with zero attached hydrogens (tertiary/aromatic N) is 2. The average molecular weight is 388 g/mol. The Morgan fingerprint density at radius 2 is 1.64 bits per heavy atom. The minimum absolute atomic E-state index is 0.186. The molecule has 0 bridgehead atoms. The zero-order chi connectivity index (χ0) is 20.1. The van der Waals surface area contributed by atoms with E-state index in [9.17, 15) is 39.5 Å². The van der Waals surface area contributed by atoms with E-state index in [1.54, 1.807) is 0 Å². The monoisotopic (exact) mass is 388 g/mol. The number of halogens is 9. The van der Waals surface area contributed by atoms with Gasteiger partial charge in [0.1, 0.15) is 18.4 Å². The Morgan fingerprint density at radius 3 is 2.00 bits per heavy atom. The standard InChI is InChI=1S/C10H13F6N2.C2HF3O2/c1-2-3-4-17-5-6-18(7-17)10(15,16)9(13,14)8(11)12;3-2(4,5)1(6)7/h5-8H,2-4H2,1H3;(H,6,7)/q+1;/p-1. The largest absolute Gasteiger partial charge is 0.542 e. The van der Waals surface area contributed by atoms with Crippen molar-refractivity contribution in [3.05, 3.63) is 18.7 Å². The van der Waals surface area contributed by atoms with Crippen LogP contribution in [0.1, 0.15) is 19.8 Å².